The number of furan rings is 1. The molecule has 164 valence electrons. The van der Waals surface area contributed by atoms with E-state index in [4.69, 9.17) is 32.4 Å². The van der Waals surface area contributed by atoms with Crippen molar-refractivity contribution in [2.45, 2.75) is 12.6 Å². The summed E-state index contributed by atoms with van der Waals surface area (Å²) in [6.07, 6.45) is 1.45. The Bertz CT molecular complexity index is 1210. The van der Waals surface area contributed by atoms with Gasteiger partial charge in [0.05, 0.1) is 41.6 Å². The van der Waals surface area contributed by atoms with Gasteiger partial charge in [0, 0.05) is 5.56 Å². The van der Waals surface area contributed by atoms with Crippen LogP contribution in [0.4, 0.5) is 0 Å². The molecule has 1 aliphatic heterocycles. The van der Waals surface area contributed by atoms with Crippen molar-refractivity contribution in [1.82, 2.24) is 4.90 Å². The molecule has 2 N–H and O–H groups in total. The van der Waals surface area contributed by atoms with E-state index in [-0.39, 0.29) is 39.2 Å². The molecule has 9 heteroatoms. The molecule has 1 atom stereocenters. The summed E-state index contributed by atoms with van der Waals surface area (Å²) in [6.45, 7) is -0.0151. The van der Waals surface area contributed by atoms with Crippen molar-refractivity contribution in [2.24, 2.45) is 0 Å². The maximum Gasteiger partial charge on any atom is 0.296 e. The third kappa shape index (κ3) is 3.81. The fourth-order valence-corrected chi connectivity index (χ4v) is 4.34. The lowest BCUT2D eigenvalue weighted by molar-refractivity contribution is -0.140. The van der Waals surface area contributed by atoms with E-state index in [1.807, 2.05) is 0 Å². The summed E-state index contributed by atoms with van der Waals surface area (Å²) in [4.78, 5) is 27.2. The van der Waals surface area contributed by atoms with E-state index in [2.05, 4.69) is 0 Å². The highest BCUT2D eigenvalue weighted by atomic mass is 35.5. The molecule has 2 heterocycles. The summed E-state index contributed by atoms with van der Waals surface area (Å²) in [5.74, 6) is -1.54. The van der Waals surface area contributed by atoms with E-state index in [9.17, 15) is 19.8 Å². The van der Waals surface area contributed by atoms with Crippen LogP contribution < -0.4 is 4.74 Å². The lowest BCUT2D eigenvalue weighted by Gasteiger charge is -2.24. The van der Waals surface area contributed by atoms with Crippen LogP contribution in [0.15, 0.2) is 64.8 Å². The van der Waals surface area contributed by atoms with Crippen LogP contribution in [-0.4, -0.2) is 33.9 Å². The van der Waals surface area contributed by atoms with Crippen LogP contribution in [0.3, 0.4) is 0 Å². The molecule has 0 spiro atoms. The number of phenolic OH excluding ortho intramolecular Hbond substituents is 1. The summed E-state index contributed by atoms with van der Waals surface area (Å²) in [7, 11) is 1.40. The minimum atomic E-state index is -0.980. The van der Waals surface area contributed by atoms with Gasteiger partial charge in [0.25, 0.3) is 11.7 Å². The van der Waals surface area contributed by atoms with Crippen LogP contribution in [0, 0.1) is 0 Å². The Morgan fingerprint density at radius 1 is 1.12 bits per heavy atom. The minimum Gasteiger partial charge on any atom is -0.508 e. The van der Waals surface area contributed by atoms with Crippen LogP contribution >= 0.6 is 23.2 Å². The molecule has 7 nitrogen and oxygen atoms in total. The van der Waals surface area contributed by atoms with E-state index in [1.54, 1.807) is 24.3 Å². The number of aliphatic hydroxyl groups is 1. The first kappa shape index (κ1) is 21.8. The third-order valence-corrected chi connectivity index (χ3v) is 5.67. The fourth-order valence-electron chi connectivity index (χ4n) is 3.70. The number of halogens is 2. The number of hydrogen-bond donors (Lipinski definition) is 2. The van der Waals surface area contributed by atoms with Crippen LogP contribution in [0.25, 0.3) is 5.76 Å². The molecule has 0 radical (unpaired) electrons. The SMILES string of the molecule is COc1c(Cl)cc(/C(O)=C2\C(=O)C(=O)N(Cc3ccco3)C2c2cccc(O)c2)cc1Cl. The highest BCUT2D eigenvalue weighted by Gasteiger charge is 2.46. The molecule has 1 aliphatic rings. The van der Waals surface area contributed by atoms with E-state index >= 15 is 0 Å². The topological polar surface area (TPSA) is 100 Å². The Balaban J connectivity index is 1.90. The van der Waals surface area contributed by atoms with Crippen molar-refractivity contribution in [2.75, 3.05) is 7.11 Å². The van der Waals surface area contributed by atoms with Gasteiger partial charge in [0.1, 0.15) is 17.3 Å². The second-order valence-corrected chi connectivity index (χ2v) is 7.89. The molecule has 1 saturated heterocycles. The molecule has 1 fully saturated rings. The average molecular weight is 474 g/mol. The van der Waals surface area contributed by atoms with Gasteiger partial charge in [-0.05, 0) is 42.0 Å². The summed E-state index contributed by atoms with van der Waals surface area (Å²) < 4.78 is 10.5. The Morgan fingerprint density at radius 3 is 2.44 bits per heavy atom. The number of carbonyl (C=O) groups excluding carboxylic acids is 2. The molecule has 3 aromatic rings. The van der Waals surface area contributed by atoms with Crippen molar-refractivity contribution in [3.8, 4) is 11.5 Å². The largest absolute Gasteiger partial charge is 0.508 e. The number of benzene rings is 2. The zero-order valence-electron chi connectivity index (χ0n) is 16.7. The van der Waals surface area contributed by atoms with Crippen molar-refractivity contribution in [3.05, 3.63) is 87.3 Å². The highest BCUT2D eigenvalue weighted by Crippen LogP contribution is 2.43. The normalized spacial score (nSPS) is 17.7. The monoisotopic (exact) mass is 473 g/mol. The second kappa shape index (κ2) is 8.61. The average Bonchev–Trinajstić information content (AvgIpc) is 3.35. The summed E-state index contributed by atoms with van der Waals surface area (Å²) in [5.41, 5.74) is 0.411. The van der Waals surface area contributed by atoms with Crippen molar-refractivity contribution in [1.29, 1.82) is 0 Å². The summed E-state index contributed by atoms with van der Waals surface area (Å²) in [6, 6.07) is 11.2. The molecule has 0 aliphatic carbocycles. The third-order valence-electron chi connectivity index (χ3n) is 5.11. The number of ketones is 1. The number of methoxy groups -OCH3 is 1. The maximum atomic E-state index is 13.0. The standard InChI is InChI=1S/C23H17Cl2NO6/c1-31-22-16(24)9-13(10-17(22)25)20(28)18-19(12-4-2-5-14(27)8-12)26(23(30)21(18)29)11-15-6-3-7-32-15/h2-10,19,27-28H,11H2,1H3/b20-18+. The molecule has 1 unspecified atom stereocenters. The first-order valence-electron chi connectivity index (χ1n) is 9.45. The van der Waals surface area contributed by atoms with E-state index in [1.165, 1.54) is 42.5 Å². The zero-order chi connectivity index (χ0) is 23.0. The van der Waals surface area contributed by atoms with Crippen LogP contribution in [0.5, 0.6) is 11.5 Å². The Labute approximate surface area is 193 Å². The zero-order valence-corrected chi connectivity index (χ0v) is 18.2. The summed E-state index contributed by atoms with van der Waals surface area (Å²) in [5, 5.41) is 21.3. The molecule has 4 rings (SSSR count). The number of aromatic hydroxyl groups is 1. The maximum absolute atomic E-state index is 13.0. The molecule has 0 saturated carbocycles. The van der Waals surface area contributed by atoms with Crippen molar-refractivity contribution >= 4 is 40.7 Å². The number of ether oxygens (including phenoxy) is 1. The predicted octanol–water partition coefficient (Wildman–Crippen LogP) is 4.92. The summed E-state index contributed by atoms with van der Waals surface area (Å²) >= 11 is 12.4. The van der Waals surface area contributed by atoms with Crippen LogP contribution in [0.1, 0.15) is 22.9 Å². The number of Topliss-reactive ketones (excluding diaryl/α,β-unsaturated/α-hetero) is 1. The van der Waals surface area contributed by atoms with Crippen LogP contribution in [0.2, 0.25) is 10.0 Å². The smallest absolute Gasteiger partial charge is 0.296 e. The van der Waals surface area contributed by atoms with Gasteiger partial charge in [-0.1, -0.05) is 35.3 Å². The molecule has 1 aromatic heterocycles. The van der Waals surface area contributed by atoms with E-state index in [0.29, 0.717) is 11.3 Å². The van der Waals surface area contributed by atoms with Gasteiger partial charge >= 0.3 is 0 Å². The number of phenols is 1. The number of rotatable bonds is 5. The predicted molar refractivity (Wildman–Crippen MR) is 118 cm³/mol. The van der Waals surface area contributed by atoms with Gasteiger partial charge in [-0.2, -0.15) is 0 Å². The Kier molecular flexibility index (Phi) is 5.86. The van der Waals surface area contributed by atoms with Gasteiger partial charge in [-0.25, -0.2) is 0 Å². The molecule has 32 heavy (non-hydrogen) atoms. The quantitative estimate of drug-likeness (QED) is 0.309. The van der Waals surface area contributed by atoms with Gasteiger partial charge in [-0.3, -0.25) is 9.59 Å². The molecular weight excluding hydrogens is 457 g/mol. The van der Waals surface area contributed by atoms with Gasteiger partial charge in [0.15, 0.2) is 5.75 Å². The minimum absolute atomic E-state index is 0.0151. The van der Waals surface area contributed by atoms with Gasteiger partial charge < -0.3 is 24.3 Å². The molecule has 2 aromatic carbocycles. The van der Waals surface area contributed by atoms with Crippen molar-refractivity contribution in [3.63, 3.8) is 0 Å². The number of amides is 1. The fraction of sp³-hybridized carbons (Fsp3) is 0.130. The number of likely N-dealkylation sites (tertiary alicyclic amines) is 1. The first-order valence-corrected chi connectivity index (χ1v) is 10.2. The molecule has 1 amide bonds. The lowest BCUT2D eigenvalue weighted by atomic mass is 9.95. The lowest BCUT2D eigenvalue weighted by Crippen LogP contribution is -2.29. The second-order valence-electron chi connectivity index (χ2n) is 7.07. The number of aliphatic hydroxyl groups excluding tert-OH is 1. The van der Waals surface area contributed by atoms with E-state index < -0.39 is 23.5 Å². The number of nitrogens with zero attached hydrogens (tertiary/aromatic N) is 1. The first-order chi connectivity index (χ1) is 15.3. The Hall–Kier alpha value is -3.42. The number of carbonyl (C=O) groups is 2. The molecular formula is C23H17Cl2NO6. The molecule has 0 bridgehead atoms. The Morgan fingerprint density at radius 2 is 1.84 bits per heavy atom. The highest BCUT2D eigenvalue weighted by molar-refractivity contribution is 6.46. The number of hydrogen-bond acceptors (Lipinski definition) is 6. The van der Waals surface area contributed by atoms with Gasteiger partial charge in [-0.15, -0.1) is 0 Å². The van der Waals surface area contributed by atoms with Gasteiger partial charge in [0.2, 0.25) is 0 Å². The van der Waals surface area contributed by atoms with E-state index in [0.717, 1.165) is 0 Å². The van der Waals surface area contributed by atoms with Crippen LogP contribution in [-0.2, 0) is 16.1 Å². The van der Waals surface area contributed by atoms with Crippen molar-refractivity contribution < 1.29 is 29.0 Å².